The first-order valence-corrected chi connectivity index (χ1v) is 6.66. The van der Waals surface area contributed by atoms with Crippen LogP contribution in [0.15, 0.2) is 36.7 Å². The van der Waals surface area contributed by atoms with Crippen molar-refractivity contribution in [2.75, 3.05) is 7.05 Å². The molecule has 1 amide bonds. The van der Waals surface area contributed by atoms with Gasteiger partial charge < -0.3 is 10.6 Å². The summed E-state index contributed by atoms with van der Waals surface area (Å²) in [7, 11) is 3.57. The number of hydrogen-bond acceptors (Lipinski definition) is 3. The molecule has 0 saturated heterocycles. The molecule has 0 radical (unpaired) electrons. The van der Waals surface area contributed by atoms with Crippen LogP contribution in [-0.4, -0.2) is 22.7 Å². The van der Waals surface area contributed by atoms with Crippen LogP contribution in [0.2, 0.25) is 5.02 Å². The first-order valence-electron chi connectivity index (χ1n) is 6.28. The van der Waals surface area contributed by atoms with Gasteiger partial charge in [0.1, 0.15) is 6.04 Å². The van der Waals surface area contributed by atoms with Gasteiger partial charge in [-0.1, -0.05) is 23.7 Å². The molecule has 0 bridgehead atoms. The molecule has 1 aromatic heterocycles. The maximum atomic E-state index is 12.2. The molecule has 2 N–H and O–H groups in total. The number of hydrogen-bond donors (Lipinski definition) is 2. The van der Waals surface area contributed by atoms with Crippen molar-refractivity contribution in [3.8, 4) is 0 Å². The van der Waals surface area contributed by atoms with Gasteiger partial charge in [0.25, 0.3) is 0 Å². The molecule has 0 aliphatic heterocycles. The third-order valence-electron chi connectivity index (χ3n) is 2.99. The quantitative estimate of drug-likeness (QED) is 0.881. The van der Waals surface area contributed by atoms with Gasteiger partial charge in [0.05, 0.1) is 6.20 Å². The zero-order chi connectivity index (χ0) is 14.5. The second-order valence-electron chi connectivity index (χ2n) is 4.51. The molecule has 0 spiro atoms. The van der Waals surface area contributed by atoms with E-state index in [1.807, 2.05) is 25.4 Å². The molecule has 20 heavy (non-hydrogen) atoms. The van der Waals surface area contributed by atoms with E-state index < -0.39 is 6.04 Å². The molecule has 5 nitrogen and oxygen atoms in total. The maximum absolute atomic E-state index is 12.2. The molecule has 0 saturated carbocycles. The minimum Gasteiger partial charge on any atom is -0.350 e. The third-order valence-corrected chi connectivity index (χ3v) is 3.24. The van der Waals surface area contributed by atoms with Gasteiger partial charge in [-0.05, 0) is 24.7 Å². The average Bonchev–Trinajstić information content (AvgIpc) is 2.85. The summed E-state index contributed by atoms with van der Waals surface area (Å²) in [5, 5.41) is 10.6. The van der Waals surface area contributed by atoms with E-state index in [1.54, 1.807) is 30.1 Å². The van der Waals surface area contributed by atoms with Crippen LogP contribution < -0.4 is 10.6 Å². The Balaban J connectivity index is 1.97. The van der Waals surface area contributed by atoms with Gasteiger partial charge in [0.2, 0.25) is 5.91 Å². The van der Waals surface area contributed by atoms with E-state index in [4.69, 9.17) is 11.6 Å². The number of nitrogens with zero attached hydrogens (tertiary/aromatic N) is 2. The van der Waals surface area contributed by atoms with Crippen molar-refractivity contribution in [2.45, 2.75) is 12.6 Å². The van der Waals surface area contributed by atoms with E-state index >= 15 is 0 Å². The molecule has 0 aliphatic rings. The zero-order valence-corrected chi connectivity index (χ0v) is 12.2. The molecular weight excluding hydrogens is 276 g/mol. The third kappa shape index (κ3) is 3.59. The molecule has 0 fully saturated rings. The molecule has 0 aliphatic carbocycles. The fraction of sp³-hybridized carbons (Fsp3) is 0.286. The summed E-state index contributed by atoms with van der Waals surface area (Å²) < 4.78 is 1.67. The minimum absolute atomic E-state index is 0.0875. The maximum Gasteiger partial charge on any atom is 0.242 e. The summed E-state index contributed by atoms with van der Waals surface area (Å²) in [6.07, 6.45) is 3.51. The van der Waals surface area contributed by atoms with Crippen molar-refractivity contribution in [3.63, 3.8) is 0 Å². The summed E-state index contributed by atoms with van der Waals surface area (Å²) in [5.74, 6) is -0.0875. The van der Waals surface area contributed by atoms with Crippen molar-refractivity contribution in [2.24, 2.45) is 7.05 Å². The Hall–Kier alpha value is -1.85. The first kappa shape index (κ1) is 14.6. The van der Waals surface area contributed by atoms with Crippen molar-refractivity contribution in [1.29, 1.82) is 0 Å². The number of carbonyl (C=O) groups excluding carboxylic acids is 1. The van der Waals surface area contributed by atoms with Crippen molar-refractivity contribution < 1.29 is 4.79 Å². The highest BCUT2D eigenvalue weighted by atomic mass is 35.5. The fourth-order valence-corrected chi connectivity index (χ4v) is 2.06. The molecular formula is C14H17ClN4O. The molecule has 1 atom stereocenters. The number of rotatable bonds is 5. The molecule has 2 aromatic rings. The second-order valence-corrected chi connectivity index (χ2v) is 4.95. The number of aromatic nitrogens is 2. The number of aryl methyl sites for hydroxylation is 1. The van der Waals surface area contributed by atoms with E-state index in [0.29, 0.717) is 11.6 Å². The van der Waals surface area contributed by atoms with E-state index in [9.17, 15) is 4.79 Å². The Morgan fingerprint density at radius 1 is 1.40 bits per heavy atom. The topological polar surface area (TPSA) is 59.0 Å². The zero-order valence-electron chi connectivity index (χ0n) is 11.4. The van der Waals surface area contributed by atoms with Gasteiger partial charge in [0, 0.05) is 30.4 Å². The van der Waals surface area contributed by atoms with Crippen LogP contribution in [0.1, 0.15) is 17.2 Å². The smallest absolute Gasteiger partial charge is 0.242 e. The van der Waals surface area contributed by atoms with Crippen LogP contribution in [0.4, 0.5) is 0 Å². The second kappa shape index (κ2) is 6.54. The largest absolute Gasteiger partial charge is 0.350 e. The Bertz CT molecular complexity index is 579. The highest BCUT2D eigenvalue weighted by Gasteiger charge is 2.19. The molecule has 1 unspecified atom stereocenters. The average molecular weight is 293 g/mol. The lowest BCUT2D eigenvalue weighted by atomic mass is 10.1. The van der Waals surface area contributed by atoms with Gasteiger partial charge in [-0.15, -0.1) is 0 Å². The molecule has 1 heterocycles. The van der Waals surface area contributed by atoms with Crippen LogP contribution in [0.25, 0.3) is 0 Å². The monoisotopic (exact) mass is 292 g/mol. The fourth-order valence-electron chi connectivity index (χ4n) is 1.93. The van der Waals surface area contributed by atoms with Crippen LogP contribution in [-0.2, 0) is 18.4 Å². The summed E-state index contributed by atoms with van der Waals surface area (Å²) in [4.78, 5) is 12.2. The number of benzene rings is 1. The normalized spacial score (nSPS) is 12.2. The lowest BCUT2D eigenvalue weighted by Crippen LogP contribution is -2.35. The first-order chi connectivity index (χ1) is 9.60. The van der Waals surface area contributed by atoms with Crippen LogP contribution >= 0.6 is 11.6 Å². The summed E-state index contributed by atoms with van der Waals surface area (Å²) in [6, 6.07) is 6.98. The van der Waals surface area contributed by atoms with Crippen LogP contribution in [0.3, 0.4) is 0 Å². The number of amides is 1. The van der Waals surface area contributed by atoms with Gasteiger partial charge in [-0.25, -0.2) is 0 Å². The summed E-state index contributed by atoms with van der Waals surface area (Å²) in [5.41, 5.74) is 1.84. The Labute approximate surface area is 122 Å². The van der Waals surface area contributed by atoms with Crippen LogP contribution in [0, 0.1) is 0 Å². The molecule has 6 heteroatoms. The standard InChI is InChI=1S/C14H17ClN4O/c1-16-13(11-8-18-19(2)9-11)14(20)17-7-10-3-5-12(15)6-4-10/h3-6,8-9,13,16H,7H2,1-2H3,(H,17,20). The van der Waals surface area contributed by atoms with Gasteiger partial charge in [-0.3, -0.25) is 9.48 Å². The van der Waals surface area contributed by atoms with Crippen LogP contribution in [0.5, 0.6) is 0 Å². The van der Waals surface area contributed by atoms with Crippen molar-refractivity contribution in [3.05, 3.63) is 52.8 Å². The number of nitrogens with one attached hydrogen (secondary N) is 2. The van der Waals surface area contributed by atoms with E-state index in [2.05, 4.69) is 15.7 Å². The summed E-state index contributed by atoms with van der Waals surface area (Å²) in [6.45, 7) is 0.467. The highest BCUT2D eigenvalue weighted by Crippen LogP contribution is 2.12. The summed E-state index contributed by atoms with van der Waals surface area (Å²) >= 11 is 5.82. The van der Waals surface area contributed by atoms with Crippen molar-refractivity contribution >= 4 is 17.5 Å². The van der Waals surface area contributed by atoms with E-state index in [1.165, 1.54) is 0 Å². The van der Waals surface area contributed by atoms with Crippen molar-refractivity contribution in [1.82, 2.24) is 20.4 Å². The lowest BCUT2D eigenvalue weighted by molar-refractivity contribution is -0.123. The lowest BCUT2D eigenvalue weighted by Gasteiger charge is -2.14. The Morgan fingerprint density at radius 3 is 2.65 bits per heavy atom. The van der Waals surface area contributed by atoms with E-state index in [0.717, 1.165) is 11.1 Å². The molecule has 106 valence electrons. The minimum atomic E-state index is -0.406. The number of likely N-dealkylation sites (N-methyl/N-ethyl adjacent to an activating group) is 1. The van der Waals surface area contributed by atoms with Gasteiger partial charge in [-0.2, -0.15) is 5.10 Å². The highest BCUT2D eigenvalue weighted by molar-refractivity contribution is 6.30. The van der Waals surface area contributed by atoms with Gasteiger partial charge in [0.15, 0.2) is 0 Å². The molecule has 1 aromatic carbocycles. The number of halogens is 1. The predicted molar refractivity (Wildman–Crippen MR) is 78.3 cm³/mol. The Kier molecular flexibility index (Phi) is 4.76. The van der Waals surface area contributed by atoms with Gasteiger partial charge >= 0.3 is 0 Å². The van der Waals surface area contributed by atoms with E-state index in [-0.39, 0.29) is 5.91 Å². The number of carbonyl (C=O) groups is 1. The SMILES string of the molecule is CNC(C(=O)NCc1ccc(Cl)cc1)c1cnn(C)c1. The Morgan fingerprint density at radius 2 is 2.10 bits per heavy atom. The molecule has 2 rings (SSSR count). The predicted octanol–water partition coefficient (Wildman–Crippen LogP) is 1.65.